The number of benzene rings is 3. The smallest absolute Gasteiger partial charge is 0.419 e. The normalized spacial score (nSPS) is 14.0. The number of likely N-dealkylation sites (tertiary alicyclic amines) is 1. The minimum atomic E-state index is -4.84. The van der Waals surface area contributed by atoms with Gasteiger partial charge in [-0.3, -0.25) is 4.79 Å². The first-order chi connectivity index (χ1) is 20.6. The summed E-state index contributed by atoms with van der Waals surface area (Å²) in [5.41, 5.74) is -0.482. The topological polar surface area (TPSA) is 85.8 Å². The molecule has 1 aliphatic rings. The minimum Gasteiger partial charge on any atom is -0.495 e. The van der Waals surface area contributed by atoms with Crippen molar-refractivity contribution in [2.24, 2.45) is 0 Å². The summed E-state index contributed by atoms with van der Waals surface area (Å²) in [4.78, 5) is 22.4. The summed E-state index contributed by atoms with van der Waals surface area (Å²) in [6.45, 7) is 4.60. The van der Waals surface area contributed by atoms with Crippen LogP contribution >= 0.6 is 0 Å². The Kier molecular flexibility index (Phi) is 8.38. The maximum absolute atomic E-state index is 14.9. The van der Waals surface area contributed by atoms with E-state index in [1.807, 2.05) is 0 Å². The van der Waals surface area contributed by atoms with E-state index in [0.29, 0.717) is 71.7 Å². The predicted octanol–water partition coefficient (Wildman–Crippen LogP) is 6.77. The van der Waals surface area contributed by atoms with E-state index in [4.69, 9.17) is 14.2 Å². The Morgan fingerprint density at radius 1 is 1.02 bits per heavy atom. The Labute approximate surface area is 244 Å². The number of halogens is 4. The van der Waals surface area contributed by atoms with Crippen molar-refractivity contribution < 1.29 is 36.6 Å². The number of fused-ring (bicyclic) bond motifs is 1. The Bertz CT molecular complexity index is 1670. The molecule has 5 rings (SSSR count). The number of nitrogens with one attached hydrogen (secondary N) is 1. The van der Waals surface area contributed by atoms with Crippen LogP contribution in [-0.4, -0.2) is 54.2 Å². The van der Waals surface area contributed by atoms with Gasteiger partial charge in [-0.2, -0.15) is 13.2 Å². The van der Waals surface area contributed by atoms with Gasteiger partial charge in [-0.15, -0.1) is 0 Å². The van der Waals surface area contributed by atoms with Crippen LogP contribution in [0.5, 0.6) is 17.2 Å². The lowest BCUT2D eigenvalue weighted by molar-refractivity contribution is -0.140. The van der Waals surface area contributed by atoms with Crippen LogP contribution in [0.2, 0.25) is 0 Å². The molecule has 0 saturated carbocycles. The number of alkyl halides is 3. The van der Waals surface area contributed by atoms with E-state index in [0.717, 1.165) is 6.07 Å². The first kappa shape index (κ1) is 29.6. The van der Waals surface area contributed by atoms with Crippen LogP contribution in [0.15, 0.2) is 67.5 Å². The maximum atomic E-state index is 14.9. The van der Waals surface area contributed by atoms with Crippen molar-refractivity contribution in [1.82, 2.24) is 14.9 Å². The summed E-state index contributed by atoms with van der Waals surface area (Å²) in [7, 11) is 2.96. The van der Waals surface area contributed by atoms with Gasteiger partial charge in [-0.25, -0.2) is 14.4 Å². The third-order valence-electron chi connectivity index (χ3n) is 7.21. The number of hydrogen-bond donors (Lipinski definition) is 1. The number of hydrogen-bond acceptors (Lipinski definition) is 7. The molecule has 1 aliphatic heterocycles. The molecule has 12 heteroatoms. The van der Waals surface area contributed by atoms with Crippen molar-refractivity contribution in [3.8, 4) is 28.4 Å². The highest BCUT2D eigenvalue weighted by Gasteiger charge is 2.35. The highest BCUT2D eigenvalue weighted by atomic mass is 19.4. The Morgan fingerprint density at radius 3 is 2.44 bits per heavy atom. The van der Waals surface area contributed by atoms with Crippen LogP contribution in [-0.2, 0) is 11.0 Å². The minimum absolute atomic E-state index is 0.120. The third kappa shape index (κ3) is 6.18. The number of carbonyl (C=O) groups is 1. The molecule has 224 valence electrons. The van der Waals surface area contributed by atoms with Gasteiger partial charge in [-0.1, -0.05) is 24.8 Å². The standard InChI is InChI=1S/C31H28F4N4O4/c1-4-28(40)39-12-10-19(11-13-39)43-27-15-21-23(16-26(27)42-3)36-17-37-30(21)38-24-14-18(8-9-25(24)41-2)20-6-5-7-22(29(20)32)31(33,34)35/h4-9,14-17,19H,1,10-13H2,2-3H3,(H,36,37,38). The number of aromatic nitrogens is 2. The lowest BCUT2D eigenvalue weighted by Gasteiger charge is -2.31. The van der Waals surface area contributed by atoms with Gasteiger partial charge in [0, 0.05) is 42.9 Å². The lowest BCUT2D eigenvalue weighted by atomic mass is 10.0. The fraction of sp³-hybridized carbons (Fsp3) is 0.258. The Morgan fingerprint density at radius 2 is 1.77 bits per heavy atom. The van der Waals surface area contributed by atoms with Crippen LogP contribution in [0.1, 0.15) is 18.4 Å². The molecular weight excluding hydrogens is 568 g/mol. The molecular formula is C31H28F4N4O4. The van der Waals surface area contributed by atoms with Crippen molar-refractivity contribution in [3.63, 3.8) is 0 Å². The predicted molar refractivity (Wildman–Crippen MR) is 153 cm³/mol. The van der Waals surface area contributed by atoms with Crippen molar-refractivity contribution in [2.75, 3.05) is 32.6 Å². The summed E-state index contributed by atoms with van der Waals surface area (Å²) in [6.07, 6.45) is -1.13. The van der Waals surface area contributed by atoms with E-state index in [-0.39, 0.29) is 23.1 Å². The second-order valence-corrected chi connectivity index (χ2v) is 9.79. The van der Waals surface area contributed by atoms with E-state index in [9.17, 15) is 22.4 Å². The molecule has 1 aromatic heterocycles. The number of amides is 1. The number of anilines is 2. The number of rotatable bonds is 8. The molecule has 1 fully saturated rings. The van der Waals surface area contributed by atoms with Crippen molar-refractivity contribution >= 4 is 28.3 Å². The van der Waals surface area contributed by atoms with Gasteiger partial charge in [0.05, 0.1) is 31.0 Å². The molecule has 4 aromatic rings. The molecule has 0 atom stereocenters. The van der Waals surface area contributed by atoms with Gasteiger partial charge in [0.25, 0.3) is 0 Å². The summed E-state index contributed by atoms with van der Waals surface area (Å²) in [6, 6.07) is 11.1. The zero-order valence-corrected chi connectivity index (χ0v) is 23.4. The third-order valence-corrected chi connectivity index (χ3v) is 7.21. The van der Waals surface area contributed by atoms with Crippen LogP contribution < -0.4 is 19.5 Å². The van der Waals surface area contributed by atoms with Crippen LogP contribution in [0.3, 0.4) is 0 Å². The molecule has 1 N–H and O–H groups in total. The largest absolute Gasteiger partial charge is 0.495 e. The number of piperidine rings is 1. The first-order valence-corrected chi connectivity index (χ1v) is 13.3. The molecule has 1 amide bonds. The highest BCUT2D eigenvalue weighted by molar-refractivity contribution is 5.94. The first-order valence-electron chi connectivity index (χ1n) is 13.3. The van der Waals surface area contributed by atoms with Crippen LogP contribution in [0.25, 0.3) is 22.0 Å². The number of methoxy groups -OCH3 is 2. The van der Waals surface area contributed by atoms with Crippen LogP contribution in [0, 0.1) is 5.82 Å². The molecule has 0 spiro atoms. The molecule has 0 bridgehead atoms. The Hall–Kier alpha value is -4.87. The average Bonchev–Trinajstić information content (AvgIpc) is 3.00. The lowest BCUT2D eigenvalue weighted by Crippen LogP contribution is -2.41. The zero-order chi connectivity index (χ0) is 30.7. The maximum Gasteiger partial charge on any atom is 0.419 e. The molecule has 0 aliphatic carbocycles. The SMILES string of the molecule is C=CC(=O)N1CCC(Oc2cc3c(Nc4cc(-c5cccc(C(F)(F)F)c5F)ccc4OC)ncnc3cc2OC)CC1. The van der Waals surface area contributed by atoms with Crippen molar-refractivity contribution in [1.29, 1.82) is 0 Å². The summed E-state index contributed by atoms with van der Waals surface area (Å²) >= 11 is 0. The van der Waals surface area contributed by atoms with E-state index in [1.165, 1.54) is 50.9 Å². The number of carbonyl (C=O) groups excluding carboxylic acids is 1. The van der Waals surface area contributed by atoms with Gasteiger partial charge in [0.15, 0.2) is 11.5 Å². The van der Waals surface area contributed by atoms with E-state index < -0.39 is 17.6 Å². The van der Waals surface area contributed by atoms with Gasteiger partial charge in [0.2, 0.25) is 5.91 Å². The summed E-state index contributed by atoms with van der Waals surface area (Å²) in [5.74, 6) is 0.129. The highest BCUT2D eigenvalue weighted by Crippen LogP contribution is 2.40. The quantitative estimate of drug-likeness (QED) is 0.178. The van der Waals surface area contributed by atoms with Gasteiger partial charge in [-0.05, 0) is 35.9 Å². The fourth-order valence-corrected chi connectivity index (χ4v) is 4.99. The average molecular weight is 597 g/mol. The van der Waals surface area contributed by atoms with Crippen molar-refractivity contribution in [3.05, 3.63) is 78.9 Å². The molecule has 2 heterocycles. The Balaban J connectivity index is 1.48. The molecule has 0 radical (unpaired) electrons. The molecule has 43 heavy (non-hydrogen) atoms. The molecule has 1 saturated heterocycles. The van der Waals surface area contributed by atoms with E-state index >= 15 is 0 Å². The van der Waals surface area contributed by atoms with E-state index in [2.05, 4.69) is 21.9 Å². The van der Waals surface area contributed by atoms with Crippen LogP contribution in [0.4, 0.5) is 29.1 Å². The molecule has 8 nitrogen and oxygen atoms in total. The van der Waals surface area contributed by atoms with Crippen molar-refractivity contribution in [2.45, 2.75) is 25.1 Å². The zero-order valence-electron chi connectivity index (χ0n) is 23.4. The van der Waals surface area contributed by atoms with Gasteiger partial charge >= 0.3 is 6.18 Å². The second-order valence-electron chi connectivity index (χ2n) is 9.79. The number of nitrogens with zero attached hydrogens (tertiary/aromatic N) is 3. The molecule has 0 unspecified atom stereocenters. The van der Waals surface area contributed by atoms with Gasteiger partial charge < -0.3 is 24.4 Å². The summed E-state index contributed by atoms with van der Waals surface area (Å²) < 4.78 is 72.3. The summed E-state index contributed by atoms with van der Waals surface area (Å²) in [5, 5.41) is 3.73. The second kappa shape index (κ2) is 12.2. The number of ether oxygens (including phenoxy) is 3. The van der Waals surface area contributed by atoms with Gasteiger partial charge in [0.1, 0.15) is 29.8 Å². The van der Waals surface area contributed by atoms with E-state index in [1.54, 1.807) is 17.0 Å². The fourth-order valence-electron chi connectivity index (χ4n) is 4.99. The monoisotopic (exact) mass is 596 g/mol. The molecule has 3 aromatic carbocycles.